The first-order valence-corrected chi connectivity index (χ1v) is 6.57. The van der Waals surface area contributed by atoms with Gasteiger partial charge in [-0.15, -0.1) is 12.4 Å². The average Bonchev–Trinajstić information content (AvgIpc) is 2.89. The molecule has 18 heavy (non-hydrogen) atoms. The van der Waals surface area contributed by atoms with Crippen molar-refractivity contribution >= 4 is 12.4 Å². The molecule has 0 saturated carbocycles. The van der Waals surface area contributed by atoms with Crippen LogP contribution >= 0.6 is 12.4 Å². The highest BCUT2D eigenvalue weighted by Gasteiger charge is 2.14. The minimum atomic E-state index is 0. The van der Waals surface area contributed by atoms with E-state index < -0.39 is 0 Å². The lowest BCUT2D eigenvalue weighted by atomic mass is 10.2. The first kappa shape index (κ1) is 15.5. The fourth-order valence-corrected chi connectivity index (χ4v) is 2.15. The van der Waals surface area contributed by atoms with Crippen LogP contribution in [-0.2, 0) is 17.8 Å². The molecule has 2 rings (SSSR count). The van der Waals surface area contributed by atoms with Crippen molar-refractivity contribution in [3.8, 4) is 0 Å². The zero-order chi connectivity index (χ0) is 12.1. The van der Waals surface area contributed by atoms with E-state index in [1.54, 1.807) is 0 Å². The van der Waals surface area contributed by atoms with E-state index >= 15 is 0 Å². The van der Waals surface area contributed by atoms with E-state index in [1.807, 2.05) is 10.9 Å². The Morgan fingerprint density at radius 2 is 2.39 bits per heavy atom. The predicted octanol–water partition coefficient (Wildman–Crippen LogP) is 2.23. The Bertz CT molecular complexity index is 335. The Labute approximate surface area is 115 Å². The molecule has 0 aliphatic carbocycles. The molecule has 2 heterocycles. The maximum Gasteiger partial charge on any atom is 0.0700 e. The summed E-state index contributed by atoms with van der Waals surface area (Å²) in [7, 11) is 0. The second-order valence-electron chi connectivity index (χ2n) is 5.23. The molecule has 0 amide bonds. The lowest BCUT2D eigenvalue weighted by Gasteiger charge is -2.09. The van der Waals surface area contributed by atoms with Crippen molar-refractivity contribution in [1.82, 2.24) is 15.1 Å². The normalized spacial score (nSPS) is 19.2. The van der Waals surface area contributed by atoms with Crippen LogP contribution in [0, 0.1) is 5.92 Å². The van der Waals surface area contributed by atoms with Crippen LogP contribution in [0.5, 0.6) is 0 Å². The molecule has 1 saturated heterocycles. The van der Waals surface area contributed by atoms with E-state index in [-0.39, 0.29) is 12.4 Å². The van der Waals surface area contributed by atoms with Gasteiger partial charge in [-0.3, -0.25) is 4.68 Å². The molecule has 1 aliphatic rings. The van der Waals surface area contributed by atoms with Gasteiger partial charge in [0.1, 0.15) is 0 Å². The Hall–Kier alpha value is -0.580. The van der Waals surface area contributed by atoms with Gasteiger partial charge in [-0.1, -0.05) is 13.8 Å². The fourth-order valence-electron chi connectivity index (χ4n) is 2.15. The molecular formula is C13H24ClN3O. The third-order valence-corrected chi connectivity index (χ3v) is 2.96. The molecule has 1 aromatic heterocycles. The summed E-state index contributed by atoms with van der Waals surface area (Å²) in [5, 5.41) is 7.78. The van der Waals surface area contributed by atoms with E-state index in [2.05, 4.69) is 30.5 Å². The van der Waals surface area contributed by atoms with E-state index in [0.29, 0.717) is 12.0 Å². The minimum Gasteiger partial charge on any atom is -0.377 e. The first-order chi connectivity index (χ1) is 8.24. The summed E-state index contributed by atoms with van der Waals surface area (Å²) >= 11 is 0. The second kappa shape index (κ2) is 7.77. The van der Waals surface area contributed by atoms with Gasteiger partial charge in [0.2, 0.25) is 0 Å². The first-order valence-electron chi connectivity index (χ1n) is 6.57. The molecule has 1 unspecified atom stereocenters. The van der Waals surface area contributed by atoms with Crippen molar-refractivity contribution in [2.24, 2.45) is 5.92 Å². The lowest BCUT2D eigenvalue weighted by molar-refractivity contribution is 0.110. The molecular weight excluding hydrogens is 250 g/mol. The van der Waals surface area contributed by atoms with E-state index in [4.69, 9.17) is 4.74 Å². The number of aromatic nitrogens is 2. The van der Waals surface area contributed by atoms with Gasteiger partial charge in [-0.25, -0.2) is 0 Å². The van der Waals surface area contributed by atoms with Crippen molar-refractivity contribution in [1.29, 1.82) is 0 Å². The van der Waals surface area contributed by atoms with Gasteiger partial charge < -0.3 is 10.1 Å². The Morgan fingerprint density at radius 3 is 3.06 bits per heavy atom. The minimum absolute atomic E-state index is 0. The van der Waals surface area contributed by atoms with Crippen LogP contribution in [0.3, 0.4) is 0 Å². The van der Waals surface area contributed by atoms with Crippen molar-refractivity contribution in [2.75, 3.05) is 13.2 Å². The monoisotopic (exact) mass is 273 g/mol. The van der Waals surface area contributed by atoms with Crippen molar-refractivity contribution < 1.29 is 4.74 Å². The van der Waals surface area contributed by atoms with Crippen LogP contribution in [0.15, 0.2) is 12.4 Å². The SMILES string of the molecule is CC(C)Cn1cc(CNCC2CCCO2)cn1.Cl. The number of hydrogen-bond acceptors (Lipinski definition) is 3. The molecule has 1 aromatic rings. The highest BCUT2D eigenvalue weighted by molar-refractivity contribution is 5.85. The molecule has 4 nitrogen and oxygen atoms in total. The Balaban J connectivity index is 0.00000162. The topological polar surface area (TPSA) is 39.1 Å². The number of halogens is 1. The fraction of sp³-hybridized carbons (Fsp3) is 0.769. The van der Waals surface area contributed by atoms with Gasteiger partial charge in [0, 0.05) is 38.0 Å². The second-order valence-corrected chi connectivity index (χ2v) is 5.23. The summed E-state index contributed by atoms with van der Waals surface area (Å²) < 4.78 is 7.59. The van der Waals surface area contributed by atoms with Crippen LogP contribution < -0.4 is 5.32 Å². The number of hydrogen-bond donors (Lipinski definition) is 1. The number of nitrogens with zero attached hydrogens (tertiary/aromatic N) is 2. The van der Waals surface area contributed by atoms with E-state index in [9.17, 15) is 0 Å². The third-order valence-electron chi connectivity index (χ3n) is 2.96. The summed E-state index contributed by atoms with van der Waals surface area (Å²) in [6, 6.07) is 0. The van der Waals surface area contributed by atoms with E-state index in [0.717, 1.165) is 26.2 Å². The third kappa shape index (κ3) is 4.96. The smallest absolute Gasteiger partial charge is 0.0700 e. The van der Waals surface area contributed by atoms with E-state index in [1.165, 1.54) is 18.4 Å². The van der Waals surface area contributed by atoms with Crippen LogP contribution in [0.2, 0.25) is 0 Å². The molecule has 104 valence electrons. The Morgan fingerprint density at radius 1 is 1.56 bits per heavy atom. The van der Waals surface area contributed by atoms with Crippen LogP contribution in [0.25, 0.3) is 0 Å². The summed E-state index contributed by atoms with van der Waals surface area (Å²) in [5.74, 6) is 0.641. The van der Waals surface area contributed by atoms with Crippen LogP contribution in [-0.4, -0.2) is 29.0 Å². The average molecular weight is 274 g/mol. The summed E-state index contributed by atoms with van der Waals surface area (Å²) in [6.07, 6.45) is 6.90. The molecule has 5 heteroatoms. The molecule has 0 spiro atoms. The largest absolute Gasteiger partial charge is 0.377 e. The maximum atomic E-state index is 5.57. The van der Waals surface area contributed by atoms with Crippen molar-refractivity contribution in [3.05, 3.63) is 18.0 Å². The van der Waals surface area contributed by atoms with Gasteiger partial charge in [-0.05, 0) is 18.8 Å². The highest BCUT2D eigenvalue weighted by Crippen LogP contribution is 2.10. The predicted molar refractivity (Wildman–Crippen MR) is 75.0 cm³/mol. The summed E-state index contributed by atoms with van der Waals surface area (Å²) in [4.78, 5) is 0. The van der Waals surface area contributed by atoms with Crippen LogP contribution in [0.4, 0.5) is 0 Å². The summed E-state index contributed by atoms with van der Waals surface area (Å²) in [5.41, 5.74) is 1.25. The standard InChI is InChI=1S/C13H23N3O.ClH/c1-11(2)9-16-10-12(7-15-16)6-14-8-13-4-3-5-17-13;/h7,10-11,13-14H,3-6,8-9H2,1-2H3;1H. The van der Waals surface area contributed by atoms with Gasteiger partial charge in [-0.2, -0.15) is 5.10 Å². The number of ether oxygens (including phenoxy) is 1. The lowest BCUT2D eigenvalue weighted by Crippen LogP contribution is -2.25. The van der Waals surface area contributed by atoms with Gasteiger partial charge in [0.15, 0.2) is 0 Å². The van der Waals surface area contributed by atoms with Crippen molar-refractivity contribution in [2.45, 2.75) is 45.9 Å². The molecule has 1 atom stereocenters. The zero-order valence-corrected chi connectivity index (χ0v) is 12.1. The van der Waals surface area contributed by atoms with Gasteiger partial charge >= 0.3 is 0 Å². The number of rotatable bonds is 6. The molecule has 1 aliphatic heterocycles. The highest BCUT2D eigenvalue weighted by atomic mass is 35.5. The molecule has 0 radical (unpaired) electrons. The van der Waals surface area contributed by atoms with Crippen molar-refractivity contribution in [3.63, 3.8) is 0 Å². The van der Waals surface area contributed by atoms with Gasteiger partial charge in [0.25, 0.3) is 0 Å². The maximum absolute atomic E-state index is 5.57. The molecule has 0 aromatic carbocycles. The number of nitrogens with one attached hydrogen (secondary N) is 1. The van der Waals surface area contributed by atoms with Gasteiger partial charge in [0.05, 0.1) is 12.3 Å². The quantitative estimate of drug-likeness (QED) is 0.864. The molecule has 0 bridgehead atoms. The Kier molecular flexibility index (Phi) is 6.68. The summed E-state index contributed by atoms with van der Waals surface area (Å²) in [6.45, 7) is 8.17. The van der Waals surface area contributed by atoms with Crippen LogP contribution in [0.1, 0.15) is 32.3 Å². The zero-order valence-electron chi connectivity index (χ0n) is 11.3. The molecule has 1 fully saturated rings. The molecule has 1 N–H and O–H groups in total.